The minimum absolute atomic E-state index is 0.0151. The Bertz CT molecular complexity index is 325. The summed E-state index contributed by atoms with van der Waals surface area (Å²) in [5, 5.41) is 0. The minimum Gasteiger partial charge on any atom is -0.463 e. The molecule has 0 aromatic rings. The topological polar surface area (TPSA) is 71.1 Å². The van der Waals surface area contributed by atoms with Gasteiger partial charge in [-0.25, -0.2) is 0 Å². The van der Waals surface area contributed by atoms with E-state index in [4.69, 9.17) is 18.9 Å². The number of hydrogen-bond donors (Lipinski definition) is 0. The zero-order valence-electron chi connectivity index (χ0n) is 10.8. The highest BCUT2D eigenvalue weighted by atomic mass is 16.7. The molecule has 1 aliphatic rings. The van der Waals surface area contributed by atoms with Crippen LogP contribution in [0.4, 0.5) is 0 Å². The number of ether oxygens (including phenoxy) is 4. The Morgan fingerprint density at radius 2 is 1.94 bits per heavy atom. The van der Waals surface area contributed by atoms with E-state index in [2.05, 4.69) is 0 Å². The molecule has 1 rings (SSSR count). The first kappa shape index (κ1) is 14.7. The maximum absolute atomic E-state index is 11.0. The fourth-order valence-electron chi connectivity index (χ4n) is 1.52. The van der Waals surface area contributed by atoms with E-state index in [1.807, 2.05) is 6.92 Å². The first-order chi connectivity index (χ1) is 8.52. The van der Waals surface area contributed by atoms with Crippen molar-refractivity contribution >= 4 is 11.9 Å². The molecule has 0 N–H and O–H groups in total. The van der Waals surface area contributed by atoms with Crippen molar-refractivity contribution in [3.05, 3.63) is 12.2 Å². The van der Waals surface area contributed by atoms with Gasteiger partial charge in [-0.15, -0.1) is 0 Å². The molecule has 0 saturated heterocycles. The van der Waals surface area contributed by atoms with Gasteiger partial charge in [0.1, 0.15) is 18.8 Å². The van der Waals surface area contributed by atoms with Gasteiger partial charge in [0.05, 0.1) is 0 Å². The summed E-state index contributed by atoms with van der Waals surface area (Å²) in [6.07, 6.45) is 1.71. The second-order valence-electron chi connectivity index (χ2n) is 3.76. The first-order valence-corrected chi connectivity index (χ1v) is 5.79. The molecule has 0 bridgehead atoms. The Morgan fingerprint density at radius 3 is 2.50 bits per heavy atom. The van der Waals surface area contributed by atoms with E-state index in [1.54, 1.807) is 12.2 Å². The quantitative estimate of drug-likeness (QED) is 0.536. The van der Waals surface area contributed by atoms with Crippen LogP contribution < -0.4 is 0 Å². The van der Waals surface area contributed by atoms with Crippen molar-refractivity contribution < 1.29 is 28.5 Å². The molecule has 6 heteroatoms. The molecule has 0 fully saturated rings. The van der Waals surface area contributed by atoms with E-state index in [1.165, 1.54) is 13.8 Å². The molecule has 0 aromatic heterocycles. The van der Waals surface area contributed by atoms with Crippen LogP contribution in [0.15, 0.2) is 12.2 Å². The summed E-state index contributed by atoms with van der Waals surface area (Å²) in [6.45, 7) is 4.97. The maximum Gasteiger partial charge on any atom is 0.303 e. The van der Waals surface area contributed by atoms with Crippen molar-refractivity contribution in [2.24, 2.45) is 0 Å². The SMILES string of the molecule is CCO[C@@H]1C=C[C@@H](OC(C)=O)[C@H](COC(C)=O)O1. The third-order valence-corrected chi connectivity index (χ3v) is 2.22. The van der Waals surface area contributed by atoms with Crippen molar-refractivity contribution in [3.8, 4) is 0 Å². The largest absolute Gasteiger partial charge is 0.463 e. The minimum atomic E-state index is -0.571. The van der Waals surface area contributed by atoms with E-state index in [0.29, 0.717) is 6.61 Å². The molecular weight excluding hydrogens is 240 g/mol. The van der Waals surface area contributed by atoms with Crippen LogP contribution in [0.5, 0.6) is 0 Å². The lowest BCUT2D eigenvalue weighted by Gasteiger charge is -2.31. The monoisotopic (exact) mass is 258 g/mol. The van der Waals surface area contributed by atoms with Gasteiger partial charge in [0.25, 0.3) is 0 Å². The van der Waals surface area contributed by atoms with Crippen LogP contribution in [-0.2, 0) is 28.5 Å². The number of carbonyl (C=O) groups is 2. The maximum atomic E-state index is 11.0. The van der Waals surface area contributed by atoms with Gasteiger partial charge >= 0.3 is 11.9 Å². The predicted molar refractivity (Wildman–Crippen MR) is 61.6 cm³/mol. The van der Waals surface area contributed by atoms with E-state index in [-0.39, 0.29) is 6.61 Å². The van der Waals surface area contributed by atoms with Gasteiger partial charge in [-0.05, 0) is 19.1 Å². The molecule has 1 aliphatic heterocycles. The number of hydrogen-bond acceptors (Lipinski definition) is 6. The molecule has 0 saturated carbocycles. The van der Waals surface area contributed by atoms with Crippen molar-refractivity contribution in [2.75, 3.05) is 13.2 Å². The Balaban J connectivity index is 2.62. The standard InChI is InChI=1S/C12H18O6/c1-4-15-12-6-5-10(17-9(3)14)11(18-12)7-16-8(2)13/h5-6,10-12H,4,7H2,1-3H3/t10-,11+,12+/m1/s1. The van der Waals surface area contributed by atoms with Gasteiger partial charge in [-0.1, -0.05) is 0 Å². The summed E-state index contributed by atoms with van der Waals surface area (Å²) in [5.74, 6) is -0.835. The summed E-state index contributed by atoms with van der Waals surface area (Å²) >= 11 is 0. The molecule has 6 nitrogen and oxygen atoms in total. The average molecular weight is 258 g/mol. The highest BCUT2D eigenvalue weighted by Gasteiger charge is 2.30. The molecule has 0 radical (unpaired) electrons. The van der Waals surface area contributed by atoms with E-state index >= 15 is 0 Å². The van der Waals surface area contributed by atoms with Crippen LogP contribution >= 0.6 is 0 Å². The molecule has 0 aromatic carbocycles. The highest BCUT2D eigenvalue weighted by Crippen LogP contribution is 2.17. The van der Waals surface area contributed by atoms with Gasteiger partial charge in [0.2, 0.25) is 0 Å². The van der Waals surface area contributed by atoms with Crippen molar-refractivity contribution in [2.45, 2.75) is 39.3 Å². The van der Waals surface area contributed by atoms with Crippen LogP contribution in [0.1, 0.15) is 20.8 Å². The molecule has 1 heterocycles. The second-order valence-corrected chi connectivity index (χ2v) is 3.76. The molecular formula is C12H18O6. The van der Waals surface area contributed by atoms with Gasteiger partial charge in [-0.2, -0.15) is 0 Å². The molecule has 0 aliphatic carbocycles. The van der Waals surface area contributed by atoms with Crippen LogP contribution in [-0.4, -0.2) is 43.7 Å². The van der Waals surface area contributed by atoms with Crippen molar-refractivity contribution in [3.63, 3.8) is 0 Å². The summed E-state index contributed by atoms with van der Waals surface area (Å²) in [7, 11) is 0. The molecule has 0 spiro atoms. The normalized spacial score (nSPS) is 26.7. The van der Waals surface area contributed by atoms with Gasteiger partial charge < -0.3 is 18.9 Å². The molecule has 0 unspecified atom stereocenters. The summed E-state index contributed by atoms with van der Waals surface area (Å²) in [4.78, 5) is 21.7. The first-order valence-electron chi connectivity index (χ1n) is 5.79. The summed E-state index contributed by atoms with van der Waals surface area (Å²) in [5.41, 5.74) is 0. The lowest BCUT2D eigenvalue weighted by molar-refractivity contribution is -0.195. The average Bonchev–Trinajstić information content (AvgIpc) is 2.28. The van der Waals surface area contributed by atoms with E-state index in [9.17, 15) is 9.59 Å². The number of carbonyl (C=O) groups excluding carboxylic acids is 2. The lowest BCUT2D eigenvalue weighted by Crippen LogP contribution is -2.42. The predicted octanol–water partition coefficient (Wildman–Crippen LogP) is 0.799. The lowest BCUT2D eigenvalue weighted by atomic mass is 10.1. The molecule has 102 valence electrons. The zero-order chi connectivity index (χ0) is 13.5. The third-order valence-electron chi connectivity index (χ3n) is 2.22. The smallest absolute Gasteiger partial charge is 0.303 e. The molecule has 18 heavy (non-hydrogen) atoms. The Kier molecular flexibility index (Phi) is 5.80. The fourth-order valence-corrected chi connectivity index (χ4v) is 1.52. The third kappa shape index (κ3) is 4.85. The Hall–Kier alpha value is -1.40. The van der Waals surface area contributed by atoms with Gasteiger partial charge in [0.15, 0.2) is 6.29 Å². The van der Waals surface area contributed by atoms with Crippen LogP contribution in [0, 0.1) is 0 Å². The Labute approximate surface area is 106 Å². The molecule has 3 atom stereocenters. The van der Waals surface area contributed by atoms with Crippen molar-refractivity contribution in [1.29, 1.82) is 0 Å². The van der Waals surface area contributed by atoms with Crippen LogP contribution in [0.3, 0.4) is 0 Å². The Morgan fingerprint density at radius 1 is 1.22 bits per heavy atom. The van der Waals surface area contributed by atoms with E-state index in [0.717, 1.165) is 0 Å². The highest BCUT2D eigenvalue weighted by molar-refractivity contribution is 5.66. The summed E-state index contributed by atoms with van der Waals surface area (Å²) in [6, 6.07) is 0. The van der Waals surface area contributed by atoms with Gasteiger partial charge in [-0.3, -0.25) is 9.59 Å². The van der Waals surface area contributed by atoms with Crippen LogP contribution in [0.2, 0.25) is 0 Å². The van der Waals surface area contributed by atoms with E-state index < -0.39 is 30.4 Å². The summed E-state index contributed by atoms with van der Waals surface area (Å²) < 4.78 is 20.8. The second kappa shape index (κ2) is 7.13. The van der Waals surface area contributed by atoms with Gasteiger partial charge in [0, 0.05) is 20.5 Å². The zero-order valence-corrected chi connectivity index (χ0v) is 10.8. The van der Waals surface area contributed by atoms with Crippen LogP contribution in [0.25, 0.3) is 0 Å². The molecule has 0 amide bonds. The fraction of sp³-hybridized carbons (Fsp3) is 0.667. The van der Waals surface area contributed by atoms with Crippen molar-refractivity contribution in [1.82, 2.24) is 0 Å². The number of esters is 2. The number of rotatable bonds is 5.